The van der Waals surface area contributed by atoms with Gasteiger partial charge in [-0.25, -0.2) is 9.37 Å². The molecule has 2 heterocycles. The second-order valence-electron chi connectivity index (χ2n) is 5.51. The van der Waals surface area contributed by atoms with Crippen LogP contribution in [0.5, 0.6) is 0 Å². The standard InChI is InChI=1S/C17H12ClFN8/c18-12-4-2-1-3-11(12)14-13(19)15(20)23-17(22-14)21-10-7-5-9(6-8-10)16-24-26-27-25-16/h1-8H,(H3,20,21,22,23)(H,24,25,26,27). The number of benzene rings is 2. The highest BCUT2D eigenvalue weighted by atomic mass is 35.5. The number of halogens is 2. The summed E-state index contributed by atoms with van der Waals surface area (Å²) in [6.45, 7) is 0. The number of nitrogen functional groups attached to an aromatic ring is 1. The molecule has 0 radical (unpaired) electrons. The van der Waals surface area contributed by atoms with E-state index in [9.17, 15) is 4.39 Å². The number of hydrogen-bond acceptors (Lipinski definition) is 7. The van der Waals surface area contributed by atoms with E-state index < -0.39 is 5.82 Å². The Bertz CT molecular complexity index is 1080. The zero-order valence-corrected chi connectivity index (χ0v) is 14.4. The first kappa shape index (κ1) is 16.9. The quantitative estimate of drug-likeness (QED) is 0.494. The first-order valence-electron chi connectivity index (χ1n) is 7.80. The molecule has 0 aliphatic heterocycles. The molecule has 2 aromatic carbocycles. The van der Waals surface area contributed by atoms with Gasteiger partial charge >= 0.3 is 0 Å². The van der Waals surface area contributed by atoms with Gasteiger partial charge in [-0.1, -0.05) is 29.8 Å². The van der Waals surface area contributed by atoms with Gasteiger partial charge in [0.2, 0.25) is 11.8 Å². The Balaban J connectivity index is 1.66. The van der Waals surface area contributed by atoms with Crippen molar-refractivity contribution in [3.05, 3.63) is 59.4 Å². The Labute approximate surface area is 157 Å². The highest BCUT2D eigenvalue weighted by Crippen LogP contribution is 2.31. The fourth-order valence-electron chi connectivity index (χ4n) is 2.47. The van der Waals surface area contributed by atoms with Crippen LogP contribution in [-0.2, 0) is 0 Å². The van der Waals surface area contributed by atoms with Gasteiger partial charge in [0, 0.05) is 16.8 Å². The van der Waals surface area contributed by atoms with E-state index in [4.69, 9.17) is 17.3 Å². The normalized spacial score (nSPS) is 10.7. The second kappa shape index (κ2) is 6.96. The summed E-state index contributed by atoms with van der Waals surface area (Å²) < 4.78 is 14.4. The highest BCUT2D eigenvalue weighted by Gasteiger charge is 2.16. The van der Waals surface area contributed by atoms with Crippen LogP contribution in [0, 0.1) is 5.82 Å². The van der Waals surface area contributed by atoms with Crippen LogP contribution < -0.4 is 11.1 Å². The third-order valence-electron chi connectivity index (χ3n) is 3.75. The number of rotatable bonds is 4. The minimum atomic E-state index is -0.721. The molecule has 0 atom stereocenters. The molecule has 0 saturated carbocycles. The average Bonchev–Trinajstić information content (AvgIpc) is 3.20. The maximum absolute atomic E-state index is 14.4. The summed E-state index contributed by atoms with van der Waals surface area (Å²) in [5, 5.41) is 17.1. The molecule has 27 heavy (non-hydrogen) atoms. The number of nitrogens with zero attached hydrogens (tertiary/aromatic N) is 5. The molecule has 0 bridgehead atoms. The molecule has 0 aliphatic rings. The summed E-state index contributed by atoms with van der Waals surface area (Å²) in [6, 6.07) is 14.0. The van der Waals surface area contributed by atoms with Crippen molar-refractivity contribution in [2.45, 2.75) is 0 Å². The monoisotopic (exact) mass is 382 g/mol. The molecule has 0 spiro atoms. The van der Waals surface area contributed by atoms with E-state index in [1.165, 1.54) is 0 Å². The summed E-state index contributed by atoms with van der Waals surface area (Å²) in [7, 11) is 0. The van der Waals surface area contributed by atoms with Crippen LogP contribution in [0.15, 0.2) is 48.5 Å². The van der Waals surface area contributed by atoms with Crippen LogP contribution in [0.2, 0.25) is 5.02 Å². The number of tetrazole rings is 1. The van der Waals surface area contributed by atoms with Crippen LogP contribution in [0.3, 0.4) is 0 Å². The maximum Gasteiger partial charge on any atom is 0.229 e. The van der Waals surface area contributed by atoms with Crippen molar-refractivity contribution in [3.63, 3.8) is 0 Å². The fourth-order valence-corrected chi connectivity index (χ4v) is 2.69. The van der Waals surface area contributed by atoms with E-state index in [0.717, 1.165) is 5.56 Å². The van der Waals surface area contributed by atoms with Gasteiger partial charge < -0.3 is 11.1 Å². The van der Waals surface area contributed by atoms with E-state index >= 15 is 0 Å². The van der Waals surface area contributed by atoms with Crippen LogP contribution >= 0.6 is 11.6 Å². The fraction of sp³-hybridized carbons (Fsp3) is 0. The van der Waals surface area contributed by atoms with E-state index in [0.29, 0.717) is 22.1 Å². The molecule has 8 nitrogen and oxygen atoms in total. The van der Waals surface area contributed by atoms with E-state index in [-0.39, 0.29) is 17.5 Å². The molecule has 4 N–H and O–H groups in total. The maximum atomic E-state index is 14.4. The summed E-state index contributed by atoms with van der Waals surface area (Å²) in [5.41, 5.74) is 7.64. The summed E-state index contributed by atoms with van der Waals surface area (Å²) in [4.78, 5) is 8.18. The Morgan fingerprint density at radius 2 is 1.81 bits per heavy atom. The number of H-pyrrole nitrogens is 1. The third kappa shape index (κ3) is 3.40. The van der Waals surface area contributed by atoms with Crippen molar-refractivity contribution in [1.29, 1.82) is 0 Å². The smallest absolute Gasteiger partial charge is 0.229 e. The second-order valence-corrected chi connectivity index (χ2v) is 5.92. The minimum absolute atomic E-state index is 0.0269. The van der Waals surface area contributed by atoms with Crippen LogP contribution in [-0.4, -0.2) is 30.6 Å². The summed E-state index contributed by atoms with van der Waals surface area (Å²) in [6.07, 6.45) is 0. The number of aromatic amines is 1. The molecule has 0 unspecified atom stereocenters. The number of nitrogens with one attached hydrogen (secondary N) is 2. The van der Waals surface area contributed by atoms with Crippen LogP contribution in [0.25, 0.3) is 22.6 Å². The van der Waals surface area contributed by atoms with Gasteiger partial charge in [-0.05, 0) is 35.5 Å². The largest absolute Gasteiger partial charge is 0.381 e. The summed E-state index contributed by atoms with van der Waals surface area (Å²) in [5.74, 6) is -0.368. The molecule has 4 aromatic rings. The number of anilines is 3. The molecule has 0 aliphatic carbocycles. The highest BCUT2D eigenvalue weighted by molar-refractivity contribution is 6.33. The SMILES string of the molecule is Nc1nc(Nc2ccc(-c3nn[nH]n3)cc2)nc(-c2ccccc2Cl)c1F. The average molecular weight is 383 g/mol. The van der Waals surface area contributed by atoms with Gasteiger partial charge in [-0.2, -0.15) is 10.2 Å². The molecule has 2 aromatic heterocycles. The van der Waals surface area contributed by atoms with Gasteiger partial charge in [0.25, 0.3) is 0 Å². The number of aromatic nitrogens is 6. The van der Waals surface area contributed by atoms with Gasteiger partial charge in [0.15, 0.2) is 11.6 Å². The Morgan fingerprint density at radius 1 is 1.04 bits per heavy atom. The van der Waals surface area contributed by atoms with Crippen LogP contribution in [0.4, 0.5) is 21.8 Å². The third-order valence-corrected chi connectivity index (χ3v) is 4.08. The van der Waals surface area contributed by atoms with E-state index in [2.05, 4.69) is 35.9 Å². The van der Waals surface area contributed by atoms with Gasteiger partial charge in [0.05, 0.1) is 5.02 Å². The van der Waals surface area contributed by atoms with Crippen molar-refractivity contribution >= 4 is 29.1 Å². The molecule has 0 fully saturated rings. The molecular formula is C17H12ClFN8. The van der Waals surface area contributed by atoms with Gasteiger partial charge in [-0.3, -0.25) is 0 Å². The molecule has 134 valence electrons. The van der Waals surface area contributed by atoms with Crippen molar-refractivity contribution in [2.75, 3.05) is 11.1 Å². The van der Waals surface area contributed by atoms with Gasteiger partial charge in [-0.15, -0.1) is 10.2 Å². The number of hydrogen-bond donors (Lipinski definition) is 3. The lowest BCUT2D eigenvalue weighted by molar-refractivity contribution is 0.625. The lowest BCUT2D eigenvalue weighted by Gasteiger charge is -2.11. The van der Waals surface area contributed by atoms with E-state index in [1.807, 2.05) is 0 Å². The molecular weight excluding hydrogens is 371 g/mol. The zero-order chi connectivity index (χ0) is 18.8. The molecule has 0 amide bonds. The first-order chi connectivity index (χ1) is 13.1. The Hall–Kier alpha value is -3.59. The van der Waals surface area contributed by atoms with Crippen molar-refractivity contribution in [2.24, 2.45) is 0 Å². The lowest BCUT2D eigenvalue weighted by Crippen LogP contribution is -2.06. The summed E-state index contributed by atoms with van der Waals surface area (Å²) >= 11 is 6.15. The van der Waals surface area contributed by atoms with E-state index in [1.54, 1.807) is 48.5 Å². The Morgan fingerprint density at radius 3 is 2.52 bits per heavy atom. The number of nitrogens with two attached hydrogens (primary N) is 1. The first-order valence-corrected chi connectivity index (χ1v) is 8.18. The minimum Gasteiger partial charge on any atom is -0.381 e. The van der Waals surface area contributed by atoms with Crippen molar-refractivity contribution in [1.82, 2.24) is 30.6 Å². The van der Waals surface area contributed by atoms with Crippen LogP contribution in [0.1, 0.15) is 0 Å². The zero-order valence-electron chi connectivity index (χ0n) is 13.7. The topological polar surface area (TPSA) is 118 Å². The Kier molecular flexibility index (Phi) is 4.35. The predicted octanol–water partition coefficient (Wildman–Crippen LogP) is 3.44. The van der Waals surface area contributed by atoms with Gasteiger partial charge in [0.1, 0.15) is 5.69 Å². The lowest BCUT2D eigenvalue weighted by atomic mass is 10.1. The molecule has 4 rings (SSSR count). The molecule has 0 saturated heterocycles. The predicted molar refractivity (Wildman–Crippen MR) is 99.7 cm³/mol. The van der Waals surface area contributed by atoms with Crippen molar-refractivity contribution < 1.29 is 4.39 Å². The molecule has 10 heteroatoms. The van der Waals surface area contributed by atoms with Crippen molar-refractivity contribution in [3.8, 4) is 22.6 Å².